The molecule has 0 atom stereocenters. The SMILES string of the molecule is Cc1cc(C(=O)NNC(=O)c2ccco2)n[nH]1. The second-order valence-electron chi connectivity index (χ2n) is 3.32. The standard InChI is InChI=1S/C10H10N4O3/c1-6-5-7(12-11-6)9(15)13-14-10(16)8-3-2-4-17-8/h2-5H,1H3,(H,11,12)(H,13,15)(H,14,16). The number of hydrogen-bond donors (Lipinski definition) is 3. The third-order valence-electron chi connectivity index (χ3n) is 1.97. The van der Waals surface area contributed by atoms with Gasteiger partial charge in [0.1, 0.15) is 0 Å². The van der Waals surface area contributed by atoms with E-state index in [1.807, 2.05) is 0 Å². The quantitative estimate of drug-likeness (QED) is 0.654. The molecule has 0 aromatic carbocycles. The minimum Gasteiger partial charge on any atom is -0.459 e. The molecule has 0 fully saturated rings. The molecule has 0 radical (unpaired) electrons. The number of aromatic nitrogens is 2. The van der Waals surface area contributed by atoms with E-state index in [4.69, 9.17) is 4.42 Å². The molecule has 0 aliphatic heterocycles. The second kappa shape index (κ2) is 4.52. The largest absolute Gasteiger partial charge is 0.459 e. The Balaban J connectivity index is 1.91. The molecular formula is C10H10N4O3. The number of hydrogen-bond acceptors (Lipinski definition) is 4. The number of amides is 2. The maximum absolute atomic E-state index is 11.5. The molecule has 88 valence electrons. The van der Waals surface area contributed by atoms with Gasteiger partial charge in [-0.05, 0) is 25.1 Å². The van der Waals surface area contributed by atoms with Crippen LogP contribution in [0, 0.1) is 6.92 Å². The number of nitrogens with zero attached hydrogens (tertiary/aromatic N) is 1. The number of carbonyl (C=O) groups is 2. The summed E-state index contributed by atoms with van der Waals surface area (Å²) in [6.07, 6.45) is 1.37. The van der Waals surface area contributed by atoms with Crippen molar-refractivity contribution in [2.24, 2.45) is 0 Å². The lowest BCUT2D eigenvalue weighted by Crippen LogP contribution is -2.41. The highest BCUT2D eigenvalue weighted by Gasteiger charge is 2.12. The lowest BCUT2D eigenvalue weighted by atomic mass is 10.3. The molecule has 2 aromatic rings. The highest BCUT2D eigenvalue weighted by Crippen LogP contribution is 1.99. The summed E-state index contributed by atoms with van der Waals surface area (Å²) in [6.45, 7) is 1.77. The molecule has 2 aromatic heterocycles. The maximum atomic E-state index is 11.5. The van der Waals surface area contributed by atoms with Crippen LogP contribution in [0.3, 0.4) is 0 Å². The van der Waals surface area contributed by atoms with Crippen molar-refractivity contribution in [2.45, 2.75) is 6.92 Å². The predicted octanol–water partition coefficient (Wildman–Crippen LogP) is 0.386. The first-order valence-electron chi connectivity index (χ1n) is 4.83. The van der Waals surface area contributed by atoms with Crippen molar-refractivity contribution < 1.29 is 14.0 Å². The number of H-pyrrole nitrogens is 1. The Morgan fingerprint density at radius 2 is 2.12 bits per heavy atom. The Morgan fingerprint density at radius 3 is 2.71 bits per heavy atom. The summed E-state index contributed by atoms with van der Waals surface area (Å²) < 4.78 is 4.85. The average Bonchev–Trinajstić information content (AvgIpc) is 2.95. The highest BCUT2D eigenvalue weighted by molar-refractivity contribution is 5.96. The van der Waals surface area contributed by atoms with E-state index in [0.717, 1.165) is 5.69 Å². The molecule has 0 unspecified atom stereocenters. The van der Waals surface area contributed by atoms with E-state index in [2.05, 4.69) is 21.0 Å². The molecule has 0 bridgehead atoms. The Labute approximate surface area is 96.2 Å². The fraction of sp³-hybridized carbons (Fsp3) is 0.100. The van der Waals surface area contributed by atoms with Gasteiger partial charge in [-0.25, -0.2) is 0 Å². The zero-order valence-electron chi connectivity index (χ0n) is 8.98. The van der Waals surface area contributed by atoms with Crippen LogP contribution in [0.2, 0.25) is 0 Å². The summed E-state index contributed by atoms with van der Waals surface area (Å²) in [5, 5.41) is 6.37. The van der Waals surface area contributed by atoms with Crippen molar-refractivity contribution in [1.29, 1.82) is 0 Å². The summed E-state index contributed by atoms with van der Waals surface area (Å²) in [4.78, 5) is 22.9. The lowest BCUT2D eigenvalue weighted by Gasteiger charge is -2.03. The van der Waals surface area contributed by atoms with Gasteiger partial charge >= 0.3 is 5.91 Å². The number of nitrogens with one attached hydrogen (secondary N) is 3. The van der Waals surface area contributed by atoms with Crippen LogP contribution < -0.4 is 10.9 Å². The minimum atomic E-state index is -0.532. The van der Waals surface area contributed by atoms with Gasteiger partial charge < -0.3 is 4.42 Å². The first kappa shape index (κ1) is 10.9. The summed E-state index contributed by atoms with van der Waals surface area (Å²) >= 11 is 0. The van der Waals surface area contributed by atoms with Crippen LogP contribution in [0.1, 0.15) is 26.7 Å². The smallest absolute Gasteiger partial charge is 0.305 e. The van der Waals surface area contributed by atoms with Crippen molar-refractivity contribution in [1.82, 2.24) is 21.0 Å². The van der Waals surface area contributed by atoms with Crippen molar-refractivity contribution in [3.8, 4) is 0 Å². The molecule has 2 heterocycles. The molecule has 0 spiro atoms. The van der Waals surface area contributed by atoms with E-state index in [1.54, 1.807) is 19.1 Å². The molecule has 3 N–H and O–H groups in total. The molecule has 0 aliphatic rings. The van der Waals surface area contributed by atoms with Gasteiger partial charge in [0.25, 0.3) is 5.91 Å². The van der Waals surface area contributed by atoms with Crippen molar-refractivity contribution in [3.05, 3.63) is 41.6 Å². The number of rotatable bonds is 2. The van der Waals surface area contributed by atoms with Crippen LogP contribution in [0.4, 0.5) is 0 Å². The fourth-order valence-electron chi connectivity index (χ4n) is 1.18. The van der Waals surface area contributed by atoms with E-state index in [1.165, 1.54) is 12.3 Å². The maximum Gasteiger partial charge on any atom is 0.305 e. The zero-order valence-corrected chi connectivity index (χ0v) is 8.98. The summed E-state index contributed by atoms with van der Waals surface area (Å²) in [6, 6.07) is 4.63. The zero-order chi connectivity index (χ0) is 12.3. The number of aryl methyl sites for hydroxylation is 1. The third-order valence-corrected chi connectivity index (χ3v) is 1.97. The molecule has 2 rings (SSSR count). The second-order valence-corrected chi connectivity index (χ2v) is 3.32. The van der Waals surface area contributed by atoms with Crippen LogP contribution in [0.15, 0.2) is 28.9 Å². The van der Waals surface area contributed by atoms with Gasteiger partial charge in [0.2, 0.25) is 0 Å². The Morgan fingerprint density at radius 1 is 1.35 bits per heavy atom. The van der Waals surface area contributed by atoms with Crippen molar-refractivity contribution >= 4 is 11.8 Å². The topological polar surface area (TPSA) is 100 Å². The number of carbonyl (C=O) groups excluding carboxylic acids is 2. The van der Waals surface area contributed by atoms with E-state index in [-0.39, 0.29) is 11.5 Å². The fourth-order valence-corrected chi connectivity index (χ4v) is 1.18. The Bertz CT molecular complexity index is 530. The van der Waals surface area contributed by atoms with E-state index in [9.17, 15) is 9.59 Å². The van der Waals surface area contributed by atoms with Gasteiger partial charge in [0.05, 0.1) is 6.26 Å². The summed E-state index contributed by atoms with van der Waals surface area (Å²) in [7, 11) is 0. The number of hydrazine groups is 1. The molecule has 7 heteroatoms. The van der Waals surface area contributed by atoms with E-state index >= 15 is 0 Å². The first-order chi connectivity index (χ1) is 8.16. The van der Waals surface area contributed by atoms with Gasteiger partial charge in [-0.15, -0.1) is 0 Å². The van der Waals surface area contributed by atoms with Gasteiger partial charge in [-0.2, -0.15) is 5.10 Å². The predicted molar refractivity (Wildman–Crippen MR) is 57.0 cm³/mol. The highest BCUT2D eigenvalue weighted by atomic mass is 16.3. The van der Waals surface area contributed by atoms with Crippen LogP contribution in [0.25, 0.3) is 0 Å². The number of aromatic amines is 1. The van der Waals surface area contributed by atoms with Crippen molar-refractivity contribution in [2.75, 3.05) is 0 Å². The Kier molecular flexibility index (Phi) is 2.91. The average molecular weight is 234 g/mol. The first-order valence-corrected chi connectivity index (χ1v) is 4.83. The van der Waals surface area contributed by atoms with Gasteiger partial charge in [0.15, 0.2) is 11.5 Å². The van der Waals surface area contributed by atoms with E-state index < -0.39 is 11.8 Å². The number of furan rings is 1. The molecule has 0 saturated heterocycles. The molecular weight excluding hydrogens is 224 g/mol. The van der Waals surface area contributed by atoms with Gasteiger partial charge in [-0.1, -0.05) is 0 Å². The molecule has 17 heavy (non-hydrogen) atoms. The Hall–Kier alpha value is -2.57. The summed E-state index contributed by atoms with van der Waals surface area (Å²) in [5.74, 6) is -0.923. The third kappa shape index (κ3) is 2.51. The van der Waals surface area contributed by atoms with Crippen LogP contribution >= 0.6 is 0 Å². The van der Waals surface area contributed by atoms with Crippen LogP contribution in [-0.2, 0) is 0 Å². The normalized spacial score (nSPS) is 9.94. The molecule has 7 nitrogen and oxygen atoms in total. The van der Waals surface area contributed by atoms with Crippen LogP contribution in [0.5, 0.6) is 0 Å². The minimum absolute atomic E-state index is 0.114. The molecule has 2 amide bonds. The molecule has 0 saturated carbocycles. The summed E-state index contributed by atoms with van der Waals surface area (Å²) in [5.41, 5.74) is 5.38. The lowest BCUT2D eigenvalue weighted by molar-refractivity contribution is 0.0828. The van der Waals surface area contributed by atoms with Crippen LogP contribution in [-0.4, -0.2) is 22.0 Å². The van der Waals surface area contributed by atoms with E-state index in [0.29, 0.717) is 0 Å². The molecule has 0 aliphatic carbocycles. The monoisotopic (exact) mass is 234 g/mol. The van der Waals surface area contributed by atoms with Gasteiger partial charge in [-0.3, -0.25) is 25.5 Å². The van der Waals surface area contributed by atoms with Gasteiger partial charge in [0, 0.05) is 5.69 Å². The van der Waals surface area contributed by atoms with Crippen molar-refractivity contribution in [3.63, 3.8) is 0 Å².